The molecular weight excluding hydrogens is 356 g/mol. The van der Waals surface area contributed by atoms with Crippen molar-refractivity contribution in [2.24, 2.45) is 5.92 Å². The average Bonchev–Trinajstić information content (AvgIpc) is 2.73. The third-order valence-electron chi connectivity index (χ3n) is 5.22. The van der Waals surface area contributed by atoms with Crippen LogP contribution in [0.2, 0.25) is 0 Å². The van der Waals surface area contributed by atoms with Gasteiger partial charge in [0.05, 0.1) is 25.1 Å². The largest absolute Gasteiger partial charge is 0.378 e. The van der Waals surface area contributed by atoms with E-state index in [0.29, 0.717) is 18.7 Å². The molecule has 2 N–H and O–H groups in total. The van der Waals surface area contributed by atoms with Crippen molar-refractivity contribution in [3.05, 3.63) is 48.2 Å². The number of carbonyl (C=O) groups excluding carboxylic acids is 2. The van der Waals surface area contributed by atoms with E-state index >= 15 is 0 Å². The molecule has 2 aliphatic heterocycles. The smallest absolute Gasteiger partial charge is 0.227 e. The summed E-state index contributed by atoms with van der Waals surface area (Å²) in [5.74, 6) is 0.204. The summed E-state index contributed by atoms with van der Waals surface area (Å²) < 4.78 is 5.35. The minimum atomic E-state index is -0.183. The highest BCUT2D eigenvalue weighted by atomic mass is 16.5. The Hall–Kier alpha value is -2.93. The summed E-state index contributed by atoms with van der Waals surface area (Å²) in [6.45, 7) is 3.13. The molecule has 1 aromatic carbocycles. The van der Waals surface area contributed by atoms with Gasteiger partial charge in [-0.05, 0) is 36.6 Å². The van der Waals surface area contributed by atoms with Crippen LogP contribution < -0.4 is 15.5 Å². The van der Waals surface area contributed by atoms with Gasteiger partial charge in [0.25, 0.3) is 0 Å². The summed E-state index contributed by atoms with van der Waals surface area (Å²) in [7, 11) is 0. The maximum atomic E-state index is 12.3. The summed E-state index contributed by atoms with van der Waals surface area (Å²) >= 11 is 0. The van der Waals surface area contributed by atoms with Crippen LogP contribution in [0.15, 0.2) is 42.6 Å². The van der Waals surface area contributed by atoms with Crippen molar-refractivity contribution >= 4 is 29.0 Å². The van der Waals surface area contributed by atoms with E-state index in [1.54, 1.807) is 6.20 Å². The molecule has 0 radical (unpaired) electrons. The Labute approximate surface area is 164 Å². The zero-order valence-electron chi connectivity index (χ0n) is 15.7. The molecule has 0 aliphatic carbocycles. The number of carbonyl (C=O) groups is 2. The van der Waals surface area contributed by atoms with Gasteiger partial charge in [0.15, 0.2) is 0 Å². The summed E-state index contributed by atoms with van der Waals surface area (Å²) in [4.78, 5) is 31.1. The molecule has 1 saturated heterocycles. The zero-order valence-corrected chi connectivity index (χ0v) is 15.7. The van der Waals surface area contributed by atoms with E-state index in [-0.39, 0.29) is 24.2 Å². The number of fused-ring (bicyclic) bond motifs is 1. The lowest BCUT2D eigenvalue weighted by Gasteiger charge is -2.28. The summed E-state index contributed by atoms with van der Waals surface area (Å²) in [6.07, 6.45) is 3.24. The molecule has 28 heavy (non-hydrogen) atoms. The number of amides is 2. The van der Waals surface area contributed by atoms with Crippen LogP contribution >= 0.6 is 0 Å². The molecule has 4 rings (SSSR count). The van der Waals surface area contributed by atoms with E-state index in [4.69, 9.17) is 4.74 Å². The lowest BCUT2D eigenvalue weighted by Crippen LogP contribution is -2.36. The average molecular weight is 380 g/mol. The second-order valence-corrected chi connectivity index (χ2v) is 7.14. The number of hydrogen-bond donors (Lipinski definition) is 2. The van der Waals surface area contributed by atoms with Crippen LogP contribution in [0.4, 0.5) is 17.2 Å². The molecule has 0 bridgehead atoms. The van der Waals surface area contributed by atoms with Crippen LogP contribution in [0.25, 0.3) is 0 Å². The Balaban J connectivity index is 1.28. The molecule has 7 nitrogen and oxygen atoms in total. The molecule has 1 atom stereocenters. The second-order valence-electron chi connectivity index (χ2n) is 7.14. The number of pyridine rings is 1. The lowest BCUT2D eigenvalue weighted by atomic mass is 9.89. The molecular formula is C21H24N4O3. The Morgan fingerprint density at radius 3 is 2.82 bits per heavy atom. The fourth-order valence-corrected chi connectivity index (χ4v) is 3.63. The third kappa shape index (κ3) is 4.31. The van der Waals surface area contributed by atoms with Crippen molar-refractivity contribution in [2.45, 2.75) is 19.3 Å². The number of hydrogen-bond acceptors (Lipinski definition) is 5. The molecule has 2 aromatic rings. The monoisotopic (exact) mass is 380 g/mol. The topological polar surface area (TPSA) is 83.6 Å². The maximum Gasteiger partial charge on any atom is 0.227 e. The van der Waals surface area contributed by atoms with Crippen molar-refractivity contribution in [3.63, 3.8) is 0 Å². The quantitative estimate of drug-likeness (QED) is 0.832. The van der Waals surface area contributed by atoms with Crippen molar-refractivity contribution in [1.29, 1.82) is 0 Å². The minimum Gasteiger partial charge on any atom is -0.378 e. The molecule has 3 heterocycles. The number of rotatable bonds is 5. The SMILES string of the molecule is O=C(CC[C@@H]1Cc2ccccc2NC1=O)Nc1ccc(N2CCOCC2)cn1. The molecule has 146 valence electrons. The summed E-state index contributed by atoms with van der Waals surface area (Å²) in [5.41, 5.74) is 3.02. The highest BCUT2D eigenvalue weighted by Crippen LogP contribution is 2.27. The first-order valence-electron chi connectivity index (χ1n) is 9.66. The first kappa shape index (κ1) is 18.4. The maximum absolute atomic E-state index is 12.3. The standard InChI is InChI=1S/C21H24N4O3/c26-20(8-5-16-13-15-3-1-2-4-18(15)23-21(16)27)24-19-7-6-17(14-22-19)25-9-11-28-12-10-25/h1-4,6-7,14,16H,5,8-13H2,(H,23,27)(H,22,24,26)/t16-/m1/s1. The fraction of sp³-hybridized carbons (Fsp3) is 0.381. The minimum absolute atomic E-state index is 0.0144. The van der Waals surface area contributed by atoms with Gasteiger partial charge in [-0.15, -0.1) is 0 Å². The first-order chi connectivity index (χ1) is 13.7. The van der Waals surface area contributed by atoms with Crippen molar-refractivity contribution < 1.29 is 14.3 Å². The first-order valence-corrected chi connectivity index (χ1v) is 9.66. The molecule has 1 aromatic heterocycles. The van der Waals surface area contributed by atoms with Gasteiger partial charge in [0.2, 0.25) is 11.8 Å². The number of anilines is 3. The molecule has 2 aliphatic rings. The number of morpholine rings is 1. The van der Waals surface area contributed by atoms with Gasteiger partial charge in [-0.3, -0.25) is 9.59 Å². The normalized spacial score (nSPS) is 18.9. The molecule has 0 unspecified atom stereocenters. The van der Waals surface area contributed by atoms with Gasteiger partial charge in [0, 0.05) is 31.1 Å². The second kappa shape index (κ2) is 8.39. The van der Waals surface area contributed by atoms with E-state index in [2.05, 4.69) is 20.5 Å². The van der Waals surface area contributed by atoms with Crippen molar-refractivity contribution in [1.82, 2.24) is 4.98 Å². The van der Waals surface area contributed by atoms with E-state index in [0.717, 1.165) is 43.2 Å². The summed E-state index contributed by atoms with van der Waals surface area (Å²) in [5, 5.41) is 5.74. The predicted octanol–water partition coefficient (Wildman–Crippen LogP) is 2.45. The molecule has 2 amide bonds. The lowest BCUT2D eigenvalue weighted by molar-refractivity contribution is -0.121. The highest BCUT2D eigenvalue weighted by Gasteiger charge is 2.26. The Morgan fingerprint density at radius 1 is 1.21 bits per heavy atom. The number of aromatic nitrogens is 1. The van der Waals surface area contributed by atoms with E-state index in [1.807, 2.05) is 36.4 Å². The van der Waals surface area contributed by atoms with Crippen LogP contribution in [-0.4, -0.2) is 43.1 Å². The highest BCUT2D eigenvalue weighted by molar-refractivity contribution is 5.96. The Morgan fingerprint density at radius 2 is 2.04 bits per heavy atom. The van der Waals surface area contributed by atoms with Gasteiger partial charge < -0.3 is 20.3 Å². The fourth-order valence-electron chi connectivity index (χ4n) is 3.63. The van der Waals surface area contributed by atoms with Crippen LogP contribution in [0.5, 0.6) is 0 Å². The zero-order chi connectivity index (χ0) is 19.3. The predicted molar refractivity (Wildman–Crippen MR) is 107 cm³/mol. The van der Waals surface area contributed by atoms with Gasteiger partial charge in [0.1, 0.15) is 5.82 Å². The number of para-hydroxylation sites is 1. The van der Waals surface area contributed by atoms with Crippen LogP contribution in [-0.2, 0) is 20.7 Å². The van der Waals surface area contributed by atoms with E-state index in [9.17, 15) is 9.59 Å². The Bertz CT molecular complexity index is 847. The molecule has 0 spiro atoms. The van der Waals surface area contributed by atoms with Crippen LogP contribution in [0, 0.1) is 5.92 Å². The van der Waals surface area contributed by atoms with Gasteiger partial charge in [-0.2, -0.15) is 0 Å². The van der Waals surface area contributed by atoms with E-state index in [1.165, 1.54) is 0 Å². The van der Waals surface area contributed by atoms with Crippen molar-refractivity contribution in [2.75, 3.05) is 41.8 Å². The molecule has 1 fully saturated rings. The number of benzene rings is 1. The van der Waals surface area contributed by atoms with Crippen LogP contribution in [0.1, 0.15) is 18.4 Å². The third-order valence-corrected chi connectivity index (χ3v) is 5.22. The number of ether oxygens (including phenoxy) is 1. The van der Waals surface area contributed by atoms with Gasteiger partial charge in [-0.1, -0.05) is 18.2 Å². The van der Waals surface area contributed by atoms with Crippen molar-refractivity contribution in [3.8, 4) is 0 Å². The van der Waals surface area contributed by atoms with Gasteiger partial charge in [-0.25, -0.2) is 4.98 Å². The van der Waals surface area contributed by atoms with Gasteiger partial charge >= 0.3 is 0 Å². The number of nitrogens with zero attached hydrogens (tertiary/aromatic N) is 2. The van der Waals surface area contributed by atoms with E-state index < -0.39 is 0 Å². The summed E-state index contributed by atoms with van der Waals surface area (Å²) in [6, 6.07) is 11.6. The Kier molecular flexibility index (Phi) is 5.53. The molecule has 7 heteroatoms. The number of nitrogens with one attached hydrogen (secondary N) is 2. The molecule has 0 saturated carbocycles. The van der Waals surface area contributed by atoms with Crippen LogP contribution in [0.3, 0.4) is 0 Å².